The fraction of sp³-hybridized carbons (Fsp3) is 0.417. The van der Waals surface area contributed by atoms with E-state index in [2.05, 4.69) is 5.32 Å². The van der Waals surface area contributed by atoms with Crippen LogP contribution in [0.2, 0.25) is 0 Å². The summed E-state index contributed by atoms with van der Waals surface area (Å²) in [6.45, 7) is 1.99. The number of sulfonamides is 1. The molecule has 1 rings (SSSR count). The molecule has 0 heterocycles. The van der Waals surface area contributed by atoms with Crippen LogP contribution in [-0.4, -0.2) is 45.9 Å². The first kappa shape index (κ1) is 16.4. The maximum absolute atomic E-state index is 12.1. The third-order valence-electron chi connectivity index (χ3n) is 2.49. The quantitative estimate of drug-likeness (QED) is 0.783. The number of ether oxygens (including phenoxy) is 1. The topological polar surface area (TPSA) is 102 Å². The average Bonchev–Trinajstić information content (AvgIpc) is 2.40. The lowest BCUT2D eigenvalue weighted by Crippen LogP contribution is -2.24. The zero-order valence-corrected chi connectivity index (χ0v) is 12.5. The van der Waals surface area contributed by atoms with E-state index in [9.17, 15) is 13.2 Å². The van der Waals surface area contributed by atoms with Gasteiger partial charge in [0.1, 0.15) is 5.75 Å². The summed E-state index contributed by atoms with van der Waals surface area (Å²) >= 11 is 0. The van der Waals surface area contributed by atoms with Gasteiger partial charge in [0.05, 0.1) is 23.7 Å². The van der Waals surface area contributed by atoms with Crippen molar-refractivity contribution < 1.29 is 17.9 Å². The number of benzene rings is 1. The zero-order chi connectivity index (χ0) is 15.3. The van der Waals surface area contributed by atoms with E-state index < -0.39 is 15.9 Å². The molecule has 0 aromatic heterocycles. The van der Waals surface area contributed by atoms with E-state index in [1.165, 1.54) is 32.3 Å². The van der Waals surface area contributed by atoms with Gasteiger partial charge in [-0.3, -0.25) is 4.79 Å². The van der Waals surface area contributed by atoms with Crippen LogP contribution in [0.5, 0.6) is 5.75 Å². The third-order valence-corrected chi connectivity index (χ3v) is 4.30. The fourth-order valence-corrected chi connectivity index (χ4v) is 2.39. The minimum atomic E-state index is -3.58. The molecule has 1 aromatic carbocycles. The lowest BCUT2D eigenvalue weighted by molar-refractivity contribution is -0.114. The smallest absolute Gasteiger partial charge is 0.242 e. The number of hydrogen-bond donors (Lipinski definition) is 2. The molecule has 0 spiro atoms. The van der Waals surface area contributed by atoms with Gasteiger partial charge in [0.15, 0.2) is 0 Å². The van der Waals surface area contributed by atoms with Gasteiger partial charge in [-0.1, -0.05) is 0 Å². The van der Waals surface area contributed by atoms with E-state index >= 15 is 0 Å². The van der Waals surface area contributed by atoms with Crippen LogP contribution in [0.3, 0.4) is 0 Å². The fourth-order valence-electron chi connectivity index (χ4n) is 1.46. The highest BCUT2D eigenvalue weighted by molar-refractivity contribution is 7.89. The first-order valence-corrected chi connectivity index (χ1v) is 7.46. The third kappa shape index (κ3) is 3.69. The largest absolute Gasteiger partial charge is 0.492 e. The molecule has 0 bridgehead atoms. The van der Waals surface area contributed by atoms with E-state index in [0.717, 1.165) is 4.31 Å². The number of anilines is 1. The van der Waals surface area contributed by atoms with Gasteiger partial charge in [0.25, 0.3) is 0 Å². The maximum atomic E-state index is 12.1. The minimum Gasteiger partial charge on any atom is -0.492 e. The van der Waals surface area contributed by atoms with Crippen molar-refractivity contribution in [3.63, 3.8) is 0 Å². The van der Waals surface area contributed by atoms with Crippen LogP contribution < -0.4 is 15.8 Å². The number of nitrogens with two attached hydrogens (primary N) is 1. The molecule has 1 amide bonds. The molecule has 0 aliphatic carbocycles. The second kappa shape index (κ2) is 6.69. The Hall–Kier alpha value is -1.64. The Balaban J connectivity index is 3.26. The number of nitrogens with one attached hydrogen (secondary N) is 1. The molecule has 8 heteroatoms. The Kier molecular flexibility index (Phi) is 5.49. The molecule has 0 saturated carbocycles. The Morgan fingerprint density at radius 1 is 1.40 bits per heavy atom. The highest BCUT2D eigenvalue weighted by atomic mass is 32.2. The van der Waals surface area contributed by atoms with Crippen molar-refractivity contribution in [2.75, 3.05) is 32.6 Å². The summed E-state index contributed by atoms with van der Waals surface area (Å²) in [6.07, 6.45) is 0. The molecule has 7 nitrogen and oxygen atoms in total. The molecule has 112 valence electrons. The highest BCUT2D eigenvalue weighted by Crippen LogP contribution is 2.28. The van der Waals surface area contributed by atoms with Crippen molar-refractivity contribution in [1.29, 1.82) is 0 Å². The second-order valence-corrected chi connectivity index (χ2v) is 6.28. The van der Waals surface area contributed by atoms with Gasteiger partial charge in [-0.05, 0) is 25.1 Å². The maximum Gasteiger partial charge on any atom is 0.242 e. The summed E-state index contributed by atoms with van der Waals surface area (Å²) in [5, 5.41) is 2.52. The van der Waals surface area contributed by atoms with Crippen molar-refractivity contribution in [2.24, 2.45) is 5.73 Å². The van der Waals surface area contributed by atoms with Gasteiger partial charge < -0.3 is 15.8 Å². The van der Waals surface area contributed by atoms with Gasteiger partial charge in [0, 0.05) is 14.1 Å². The number of carbonyl (C=O) groups is 1. The molecule has 1 aromatic rings. The van der Waals surface area contributed by atoms with Crippen molar-refractivity contribution >= 4 is 21.6 Å². The molecule has 0 radical (unpaired) electrons. The lowest BCUT2D eigenvalue weighted by atomic mass is 10.3. The summed E-state index contributed by atoms with van der Waals surface area (Å²) in [4.78, 5) is 11.4. The van der Waals surface area contributed by atoms with Crippen molar-refractivity contribution in [3.8, 4) is 5.75 Å². The predicted molar refractivity (Wildman–Crippen MR) is 76.2 cm³/mol. The van der Waals surface area contributed by atoms with Gasteiger partial charge >= 0.3 is 0 Å². The molecule has 0 aliphatic rings. The first-order chi connectivity index (χ1) is 9.32. The molecule has 20 heavy (non-hydrogen) atoms. The van der Waals surface area contributed by atoms with Crippen LogP contribution in [-0.2, 0) is 14.8 Å². The normalized spacial score (nSPS) is 11.4. The van der Waals surface area contributed by atoms with Crippen LogP contribution in [0.25, 0.3) is 0 Å². The Morgan fingerprint density at radius 2 is 2.05 bits per heavy atom. The Morgan fingerprint density at radius 3 is 2.55 bits per heavy atom. The van der Waals surface area contributed by atoms with Crippen molar-refractivity contribution in [3.05, 3.63) is 18.2 Å². The summed E-state index contributed by atoms with van der Waals surface area (Å²) in [6, 6.07) is 4.29. The average molecular weight is 301 g/mol. The molecule has 0 saturated heterocycles. The molecule has 3 N–H and O–H groups in total. The Labute approximate surface area is 118 Å². The molecule has 0 atom stereocenters. The lowest BCUT2D eigenvalue weighted by Gasteiger charge is -2.15. The van der Waals surface area contributed by atoms with Crippen molar-refractivity contribution in [2.45, 2.75) is 11.8 Å². The van der Waals surface area contributed by atoms with E-state index in [1.807, 2.05) is 0 Å². The van der Waals surface area contributed by atoms with Crippen LogP contribution in [0.15, 0.2) is 23.1 Å². The predicted octanol–water partition coefficient (Wildman–Crippen LogP) is 0.233. The SMILES string of the molecule is CCOc1ccc(S(=O)(=O)N(C)C)cc1NC(=O)CN. The van der Waals surface area contributed by atoms with Gasteiger partial charge in [0.2, 0.25) is 15.9 Å². The van der Waals surface area contributed by atoms with E-state index in [4.69, 9.17) is 10.5 Å². The number of rotatable bonds is 6. The van der Waals surface area contributed by atoms with E-state index in [1.54, 1.807) is 6.92 Å². The molecule has 0 fully saturated rings. The van der Waals surface area contributed by atoms with Gasteiger partial charge in [-0.2, -0.15) is 0 Å². The second-order valence-electron chi connectivity index (χ2n) is 4.13. The standard InChI is InChI=1S/C12H19N3O4S/c1-4-19-11-6-5-9(20(17,18)15(2)3)7-10(11)14-12(16)8-13/h5-7H,4,8,13H2,1-3H3,(H,14,16). The first-order valence-electron chi connectivity index (χ1n) is 6.02. The molecule has 0 unspecified atom stereocenters. The van der Waals surface area contributed by atoms with Crippen LogP contribution in [0.1, 0.15) is 6.92 Å². The van der Waals surface area contributed by atoms with Gasteiger partial charge in [-0.15, -0.1) is 0 Å². The van der Waals surface area contributed by atoms with Crippen LogP contribution in [0, 0.1) is 0 Å². The number of hydrogen-bond acceptors (Lipinski definition) is 5. The van der Waals surface area contributed by atoms with Crippen LogP contribution in [0.4, 0.5) is 5.69 Å². The highest BCUT2D eigenvalue weighted by Gasteiger charge is 2.19. The minimum absolute atomic E-state index is 0.0678. The summed E-state index contributed by atoms with van der Waals surface area (Å²) < 4.78 is 30.6. The number of carbonyl (C=O) groups excluding carboxylic acids is 1. The molecular formula is C12H19N3O4S. The van der Waals surface area contributed by atoms with Crippen molar-refractivity contribution in [1.82, 2.24) is 4.31 Å². The summed E-state index contributed by atoms with van der Waals surface area (Å²) in [5.41, 5.74) is 5.52. The number of amides is 1. The van der Waals surface area contributed by atoms with E-state index in [0.29, 0.717) is 12.4 Å². The van der Waals surface area contributed by atoms with E-state index in [-0.39, 0.29) is 17.1 Å². The summed E-state index contributed by atoms with van der Waals surface area (Å²) in [7, 11) is -0.709. The summed E-state index contributed by atoms with van der Waals surface area (Å²) in [5.74, 6) is -0.0302. The molecule has 0 aliphatic heterocycles. The van der Waals surface area contributed by atoms with Gasteiger partial charge in [-0.25, -0.2) is 12.7 Å². The molecular weight excluding hydrogens is 282 g/mol. The number of nitrogens with zero attached hydrogens (tertiary/aromatic N) is 1. The van der Waals surface area contributed by atoms with Crippen LogP contribution >= 0.6 is 0 Å². The monoisotopic (exact) mass is 301 g/mol. The Bertz CT molecular complexity index is 584. The zero-order valence-electron chi connectivity index (χ0n) is 11.7.